The first kappa shape index (κ1) is 10.1. The number of fused-ring (bicyclic) bond motifs is 1. The van der Waals surface area contributed by atoms with E-state index < -0.39 is 0 Å². The Balaban J connectivity index is 2.03. The first-order chi connectivity index (χ1) is 7.74. The third-order valence-electron chi connectivity index (χ3n) is 3.80. The van der Waals surface area contributed by atoms with Gasteiger partial charge in [-0.3, -0.25) is 0 Å². The zero-order chi connectivity index (χ0) is 11.1. The van der Waals surface area contributed by atoms with Crippen molar-refractivity contribution in [2.75, 3.05) is 32.4 Å². The summed E-state index contributed by atoms with van der Waals surface area (Å²) in [6.07, 6.45) is 1.18. The number of nitrogens with one attached hydrogen (secondary N) is 1. The summed E-state index contributed by atoms with van der Waals surface area (Å²) in [5.74, 6) is 0.695. The SMILES string of the molecule is CN1CCc2c(cc(N)cc2C2CNC2)C1. The predicted octanol–water partition coefficient (Wildman–Crippen LogP) is 0.944. The third kappa shape index (κ3) is 1.60. The van der Waals surface area contributed by atoms with Crippen LogP contribution in [0.3, 0.4) is 0 Å². The number of hydrogen-bond donors (Lipinski definition) is 2. The molecule has 0 aliphatic carbocycles. The maximum absolute atomic E-state index is 6.01. The fraction of sp³-hybridized carbons (Fsp3) is 0.538. The quantitative estimate of drug-likeness (QED) is 0.688. The molecule has 0 aromatic heterocycles. The Morgan fingerprint density at radius 3 is 2.88 bits per heavy atom. The summed E-state index contributed by atoms with van der Waals surface area (Å²) < 4.78 is 0. The van der Waals surface area contributed by atoms with E-state index in [1.165, 1.54) is 24.1 Å². The molecule has 0 atom stereocenters. The van der Waals surface area contributed by atoms with Gasteiger partial charge in [-0.15, -0.1) is 0 Å². The Morgan fingerprint density at radius 2 is 2.19 bits per heavy atom. The topological polar surface area (TPSA) is 41.3 Å². The molecule has 0 saturated carbocycles. The fourth-order valence-corrected chi connectivity index (χ4v) is 2.77. The lowest BCUT2D eigenvalue weighted by molar-refractivity contribution is 0.310. The molecule has 1 fully saturated rings. The van der Waals surface area contributed by atoms with Gasteiger partial charge in [0.15, 0.2) is 0 Å². The maximum atomic E-state index is 6.01. The van der Waals surface area contributed by atoms with Crippen LogP contribution >= 0.6 is 0 Å². The zero-order valence-corrected chi connectivity index (χ0v) is 9.79. The number of nitrogens with two attached hydrogens (primary N) is 1. The molecule has 0 unspecified atom stereocenters. The highest BCUT2D eigenvalue weighted by Crippen LogP contribution is 2.31. The molecule has 3 rings (SSSR count). The molecule has 3 heteroatoms. The smallest absolute Gasteiger partial charge is 0.0320 e. The number of rotatable bonds is 1. The van der Waals surface area contributed by atoms with Crippen molar-refractivity contribution in [3.8, 4) is 0 Å². The van der Waals surface area contributed by atoms with Crippen LogP contribution in [0.25, 0.3) is 0 Å². The van der Waals surface area contributed by atoms with Gasteiger partial charge in [0.25, 0.3) is 0 Å². The molecule has 3 nitrogen and oxygen atoms in total. The van der Waals surface area contributed by atoms with Crippen molar-refractivity contribution >= 4 is 5.69 Å². The lowest BCUT2D eigenvalue weighted by Crippen LogP contribution is -2.41. The second kappa shape index (κ2) is 3.75. The Hall–Kier alpha value is -1.06. The van der Waals surface area contributed by atoms with E-state index in [-0.39, 0.29) is 0 Å². The normalized spacial score (nSPS) is 21.6. The van der Waals surface area contributed by atoms with Crippen molar-refractivity contribution < 1.29 is 0 Å². The molecule has 1 saturated heterocycles. The van der Waals surface area contributed by atoms with E-state index in [9.17, 15) is 0 Å². The standard InChI is InChI=1S/C13H19N3/c1-16-3-2-12-9(8-16)4-11(14)5-13(12)10-6-15-7-10/h4-5,10,15H,2-3,6-8,14H2,1H3. The molecular weight excluding hydrogens is 198 g/mol. The van der Waals surface area contributed by atoms with Gasteiger partial charge in [0.2, 0.25) is 0 Å². The van der Waals surface area contributed by atoms with Crippen molar-refractivity contribution in [2.45, 2.75) is 18.9 Å². The maximum Gasteiger partial charge on any atom is 0.0320 e. The number of anilines is 1. The van der Waals surface area contributed by atoms with E-state index in [1.54, 1.807) is 5.56 Å². The molecule has 0 radical (unpaired) electrons. The monoisotopic (exact) mass is 217 g/mol. The van der Waals surface area contributed by atoms with E-state index in [0.29, 0.717) is 5.92 Å². The van der Waals surface area contributed by atoms with Crippen LogP contribution in [0.2, 0.25) is 0 Å². The van der Waals surface area contributed by atoms with E-state index in [4.69, 9.17) is 5.73 Å². The lowest BCUT2D eigenvalue weighted by atomic mass is 9.84. The Bertz CT molecular complexity index is 410. The van der Waals surface area contributed by atoms with Gasteiger partial charge in [-0.2, -0.15) is 0 Å². The zero-order valence-electron chi connectivity index (χ0n) is 9.79. The molecule has 0 amide bonds. The van der Waals surface area contributed by atoms with Crippen molar-refractivity contribution in [3.05, 3.63) is 28.8 Å². The third-order valence-corrected chi connectivity index (χ3v) is 3.80. The molecular formula is C13H19N3. The van der Waals surface area contributed by atoms with Gasteiger partial charge in [0.05, 0.1) is 0 Å². The fourth-order valence-electron chi connectivity index (χ4n) is 2.77. The number of hydrogen-bond acceptors (Lipinski definition) is 3. The van der Waals surface area contributed by atoms with Gasteiger partial charge in [0.1, 0.15) is 0 Å². The number of nitrogens with zero attached hydrogens (tertiary/aromatic N) is 1. The Morgan fingerprint density at radius 1 is 1.38 bits per heavy atom. The molecule has 1 aromatic rings. The number of benzene rings is 1. The summed E-state index contributed by atoms with van der Waals surface area (Å²) in [4.78, 5) is 2.37. The minimum Gasteiger partial charge on any atom is -0.399 e. The van der Waals surface area contributed by atoms with Crippen LogP contribution in [0.4, 0.5) is 5.69 Å². The molecule has 86 valence electrons. The summed E-state index contributed by atoms with van der Waals surface area (Å²) in [6, 6.07) is 4.34. The summed E-state index contributed by atoms with van der Waals surface area (Å²) in [6.45, 7) is 4.45. The van der Waals surface area contributed by atoms with Gasteiger partial charge in [-0.1, -0.05) is 0 Å². The van der Waals surface area contributed by atoms with E-state index in [1.807, 2.05) is 0 Å². The number of likely N-dealkylation sites (N-methyl/N-ethyl adjacent to an activating group) is 1. The second-order valence-electron chi connectivity index (χ2n) is 5.09. The molecule has 16 heavy (non-hydrogen) atoms. The van der Waals surface area contributed by atoms with Crippen LogP contribution in [-0.4, -0.2) is 31.6 Å². The average molecular weight is 217 g/mol. The first-order valence-corrected chi connectivity index (χ1v) is 6.04. The minimum atomic E-state index is 0.695. The van der Waals surface area contributed by atoms with Crippen LogP contribution in [0.5, 0.6) is 0 Å². The molecule has 2 aliphatic heterocycles. The van der Waals surface area contributed by atoms with Gasteiger partial charge >= 0.3 is 0 Å². The average Bonchev–Trinajstić information content (AvgIpc) is 2.13. The molecule has 3 N–H and O–H groups in total. The minimum absolute atomic E-state index is 0.695. The summed E-state index contributed by atoms with van der Waals surface area (Å²) >= 11 is 0. The molecule has 0 bridgehead atoms. The number of nitrogen functional groups attached to an aromatic ring is 1. The molecule has 0 spiro atoms. The van der Waals surface area contributed by atoms with Crippen molar-refractivity contribution in [2.24, 2.45) is 0 Å². The summed E-state index contributed by atoms with van der Waals surface area (Å²) in [5, 5.41) is 3.34. The predicted molar refractivity (Wildman–Crippen MR) is 66.5 cm³/mol. The first-order valence-electron chi connectivity index (χ1n) is 6.04. The molecule has 2 aliphatic rings. The highest BCUT2D eigenvalue weighted by atomic mass is 15.1. The molecule has 2 heterocycles. The van der Waals surface area contributed by atoms with Gasteiger partial charge in [0, 0.05) is 37.8 Å². The van der Waals surface area contributed by atoms with E-state index in [0.717, 1.165) is 25.3 Å². The lowest BCUT2D eigenvalue weighted by Gasteiger charge is -2.34. The largest absolute Gasteiger partial charge is 0.399 e. The summed E-state index contributed by atoms with van der Waals surface area (Å²) in [5.41, 5.74) is 11.4. The van der Waals surface area contributed by atoms with Crippen molar-refractivity contribution in [1.82, 2.24) is 10.2 Å². The van der Waals surface area contributed by atoms with Gasteiger partial charge < -0.3 is 16.0 Å². The second-order valence-corrected chi connectivity index (χ2v) is 5.09. The van der Waals surface area contributed by atoms with Crippen LogP contribution in [0.1, 0.15) is 22.6 Å². The van der Waals surface area contributed by atoms with Gasteiger partial charge in [-0.05, 0) is 42.3 Å². The Labute approximate surface area is 96.6 Å². The highest BCUT2D eigenvalue weighted by molar-refractivity contribution is 5.52. The van der Waals surface area contributed by atoms with Crippen molar-refractivity contribution in [1.29, 1.82) is 0 Å². The van der Waals surface area contributed by atoms with Crippen LogP contribution in [0.15, 0.2) is 12.1 Å². The highest BCUT2D eigenvalue weighted by Gasteiger charge is 2.25. The Kier molecular flexibility index (Phi) is 2.37. The van der Waals surface area contributed by atoms with E-state index in [2.05, 4.69) is 29.4 Å². The van der Waals surface area contributed by atoms with Gasteiger partial charge in [-0.25, -0.2) is 0 Å². The van der Waals surface area contributed by atoms with Crippen LogP contribution < -0.4 is 11.1 Å². The van der Waals surface area contributed by atoms with Crippen molar-refractivity contribution in [3.63, 3.8) is 0 Å². The van der Waals surface area contributed by atoms with Crippen LogP contribution in [0, 0.1) is 0 Å². The van der Waals surface area contributed by atoms with Crippen LogP contribution in [-0.2, 0) is 13.0 Å². The summed E-state index contributed by atoms with van der Waals surface area (Å²) in [7, 11) is 2.18. The molecule has 1 aromatic carbocycles. The van der Waals surface area contributed by atoms with E-state index >= 15 is 0 Å².